The maximum Gasteiger partial charge on any atom is 0.266 e. The van der Waals surface area contributed by atoms with Crippen molar-refractivity contribution in [2.24, 2.45) is 0 Å². The van der Waals surface area contributed by atoms with Crippen molar-refractivity contribution in [1.29, 1.82) is 0 Å². The first-order chi connectivity index (χ1) is 23.9. The van der Waals surface area contributed by atoms with Gasteiger partial charge in [-0.15, -0.1) is 0 Å². The Labute approximate surface area is 288 Å². The molecule has 2 heterocycles. The van der Waals surface area contributed by atoms with Crippen LogP contribution in [0.4, 0.5) is 22.7 Å². The summed E-state index contributed by atoms with van der Waals surface area (Å²) in [6.07, 6.45) is -0.819. The van der Waals surface area contributed by atoms with Crippen LogP contribution < -0.4 is 30.7 Å². The van der Waals surface area contributed by atoms with E-state index in [1.54, 1.807) is 88.4 Å². The summed E-state index contributed by atoms with van der Waals surface area (Å²) in [5.41, 5.74) is 17.3. The lowest BCUT2D eigenvalue weighted by atomic mass is 10.00. The molecule has 7 rings (SSSR count). The fourth-order valence-corrected chi connectivity index (χ4v) is 6.23. The van der Waals surface area contributed by atoms with Crippen molar-refractivity contribution >= 4 is 46.4 Å². The van der Waals surface area contributed by atoms with E-state index < -0.39 is 35.8 Å². The van der Waals surface area contributed by atoms with Gasteiger partial charge in [-0.1, -0.05) is 36.4 Å². The molecule has 4 N–H and O–H groups in total. The summed E-state index contributed by atoms with van der Waals surface area (Å²) in [5, 5.41) is 0. The molecule has 0 fully saturated rings. The number of hydrogen-bond acceptors (Lipinski definition) is 8. The molecule has 0 bridgehead atoms. The number of nitrogen functional groups attached to an aromatic ring is 2. The Kier molecular flexibility index (Phi) is 7.86. The summed E-state index contributed by atoms with van der Waals surface area (Å²) in [7, 11) is 0. The average Bonchev–Trinajstić information content (AvgIpc) is 3.48. The molecular formula is C40H34N4O6. The van der Waals surface area contributed by atoms with Gasteiger partial charge in [-0.05, 0) is 98.5 Å². The lowest BCUT2D eigenvalue weighted by Crippen LogP contribution is -2.32. The van der Waals surface area contributed by atoms with Gasteiger partial charge in [0.1, 0.15) is 17.2 Å². The number of ether oxygens (including phenoxy) is 2. The largest absolute Gasteiger partial charge is 0.489 e. The number of hydrogen-bond donors (Lipinski definition) is 2. The number of imide groups is 2. The number of carbonyl (C=O) groups is 4. The molecule has 0 aliphatic carbocycles. The highest BCUT2D eigenvalue weighted by Crippen LogP contribution is 2.47. The van der Waals surface area contributed by atoms with Crippen LogP contribution in [0.5, 0.6) is 11.5 Å². The molecule has 10 heteroatoms. The summed E-state index contributed by atoms with van der Waals surface area (Å²) in [6.45, 7) is 7.17. The van der Waals surface area contributed by atoms with Gasteiger partial charge in [-0.3, -0.25) is 19.2 Å². The van der Waals surface area contributed by atoms with Crippen LogP contribution >= 0.6 is 0 Å². The molecule has 0 saturated heterocycles. The standard InChI is InChI=1S/C40H34N4O6/c1-21(2)49-34-19-29(43-37(45)30-15-9-25(17-32(30)39(43)47)23-5-11-27(41)12-6-23)20-35(50-22(3)4)36(34)44-38(46)31-16-10-26(18-33(31)40(44)48)24-7-13-28(42)14-8-24/h5-22H,41-42H2,1-4H3. The third-order valence-electron chi connectivity index (χ3n) is 8.49. The van der Waals surface area contributed by atoms with E-state index in [0.29, 0.717) is 11.4 Å². The minimum Gasteiger partial charge on any atom is -0.489 e. The summed E-state index contributed by atoms with van der Waals surface area (Å²) in [4.78, 5) is 58.0. The van der Waals surface area contributed by atoms with E-state index in [0.717, 1.165) is 32.1 Å². The third-order valence-corrected chi connectivity index (χ3v) is 8.49. The fraction of sp³-hybridized carbons (Fsp3) is 0.150. The van der Waals surface area contributed by atoms with E-state index >= 15 is 0 Å². The molecule has 5 aromatic rings. The molecule has 5 aromatic carbocycles. The van der Waals surface area contributed by atoms with Crippen LogP contribution in [0.1, 0.15) is 69.1 Å². The summed E-state index contributed by atoms with van der Waals surface area (Å²) in [6, 6.07) is 27.6. The Morgan fingerprint density at radius 2 is 0.820 bits per heavy atom. The maximum absolute atomic E-state index is 14.1. The summed E-state index contributed by atoms with van der Waals surface area (Å²) < 4.78 is 12.4. The molecule has 0 saturated carbocycles. The monoisotopic (exact) mass is 666 g/mol. The van der Waals surface area contributed by atoms with Crippen molar-refractivity contribution in [1.82, 2.24) is 0 Å². The molecule has 2 aliphatic rings. The third kappa shape index (κ3) is 5.50. The van der Waals surface area contributed by atoms with E-state index in [4.69, 9.17) is 20.9 Å². The van der Waals surface area contributed by atoms with Crippen molar-refractivity contribution in [3.05, 3.63) is 119 Å². The molecule has 50 heavy (non-hydrogen) atoms. The number of rotatable bonds is 8. The van der Waals surface area contributed by atoms with Gasteiger partial charge in [0.2, 0.25) is 0 Å². The molecule has 4 amide bonds. The molecule has 0 unspecified atom stereocenters. The van der Waals surface area contributed by atoms with Crippen molar-refractivity contribution in [3.63, 3.8) is 0 Å². The van der Waals surface area contributed by atoms with Crippen LogP contribution in [0.3, 0.4) is 0 Å². The minimum absolute atomic E-state index is 0.0821. The number of nitrogens with two attached hydrogens (primary N) is 2. The predicted octanol–water partition coefficient (Wildman–Crippen LogP) is 7.36. The molecule has 2 aliphatic heterocycles. The zero-order valence-electron chi connectivity index (χ0n) is 27.9. The van der Waals surface area contributed by atoms with Crippen molar-refractivity contribution in [2.45, 2.75) is 39.9 Å². The minimum atomic E-state index is -0.562. The highest BCUT2D eigenvalue weighted by atomic mass is 16.5. The zero-order valence-corrected chi connectivity index (χ0v) is 27.9. The van der Waals surface area contributed by atoms with Gasteiger partial charge in [0.15, 0.2) is 0 Å². The van der Waals surface area contributed by atoms with Crippen molar-refractivity contribution in [3.8, 4) is 33.8 Å². The lowest BCUT2D eigenvalue weighted by Gasteiger charge is -2.26. The Balaban J connectivity index is 1.31. The van der Waals surface area contributed by atoms with Crippen LogP contribution in [0.2, 0.25) is 0 Å². The Morgan fingerprint density at radius 1 is 0.460 bits per heavy atom. The molecule has 250 valence electrons. The van der Waals surface area contributed by atoms with Crippen molar-refractivity contribution < 1.29 is 28.7 Å². The second kappa shape index (κ2) is 12.2. The van der Waals surface area contributed by atoms with E-state index in [-0.39, 0.29) is 45.1 Å². The second-order valence-corrected chi connectivity index (χ2v) is 12.8. The smallest absolute Gasteiger partial charge is 0.266 e. The Hall–Kier alpha value is -6.42. The van der Waals surface area contributed by atoms with Crippen LogP contribution in [0.15, 0.2) is 97.1 Å². The number of fused-ring (bicyclic) bond motifs is 2. The number of nitrogens with zero attached hydrogens (tertiary/aromatic N) is 2. The normalized spacial score (nSPS) is 13.8. The fourth-order valence-electron chi connectivity index (χ4n) is 6.23. The first-order valence-electron chi connectivity index (χ1n) is 16.2. The first kappa shape index (κ1) is 32.1. The van der Waals surface area contributed by atoms with Crippen LogP contribution in [-0.2, 0) is 0 Å². The zero-order chi connectivity index (χ0) is 35.4. The van der Waals surface area contributed by atoms with Gasteiger partial charge >= 0.3 is 0 Å². The van der Waals surface area contributed by atoms with Gasteiger partial charge in [0, 0.05) is 23.5 Å². The molecule has 0 radical (unpaired) electrons. The van der Waals surface area contributed by atoms with Crippen LogP contribution in [0, 0.1) is 0 Å². The molecule has 10 nitrogen and oxygen atoms in total. The van der Waals surface area contributed by atoms with E-state index in [2.05, 4.69) is 0 Å². The van der Waals surface area contributed by atoms with Gasteiger partial charge in [-0.2, -0.15) is 0 Å². The SMILES string of the molecule is CC(C)Oc1cc(N2C(=O)c3ccc(-c4ccc(N)cc4)cc3C2=O)cc(OC(C)C)c1N1C(=O)c2ccc(-c3ccc(N)cc3)cc2C1=O. The van der Waals surface area contributed by atoms with Gasteiger partial charge in [0.25, 0.3) is 23.6 Å². The van der Waals surface area contributed by atoms with E-state index in [1.807, 2.05) is 24.3 Å². The lowest BCUT2D eigenvalue weighted by molar-refractivity contribution is 0.0906. The van der Waals surface area contributed by atoms with Gasteiger partial charge < -0.3 is 20.9 Å². The van der Waals surface area contributed by atoms with Crippen LogP contribution in [0.25, 0.3) is 22.3 Å². The quantitative estimate of drug-likeness (QED) is 0.129. The van der Waals surface area contributed by atoms with Gasteiger partial charge in [-0.25, -0.2) is 9.80 Å². The molecule has 0 spiro atoms. The summed E-state index contributed by atoms with van der Waals surface area (Å²) in [5.74, 6) is -1.98. The first-order valence-corrected chi connectivity index (χ1v) is 16.2. The average molecular weight is 667 g/mol. The van der Waals surface area contributed by atoms with Crippen LogP contribution in [-0.4, -0.2) is 35.8 Å². The molecule has 0 atom stereocenters. The Morgan fingerprint density at radius 3 is 1.24 bits per heavy atom. The van der Waals surface area contributed by atoms with Gasteiger partial charge in [0.05, 0.1) is 40.1 Å². The topological polar surface area (TPSA) is 145 Å². The number of anilines is 4. The van der Waals surface area contributed by atoms with Crippen molar-refractivity contribution in [2.75, 3.05) is 21.3 Å². The van der Waals surface area contributed by atoms with E-state index in [9.17, 15) is 19.2 Å². The highest BCUT2D eigenvalue weighted by Gasteiger charge is 2.43. The Bertz CT molecular complexity index is 2190. The second-order valence-electron chi connectivity index (χ2n) is 12.8. The summed E-state index contributed by atoms with van der Waals surface area (Å²) >= 11 is 0. The number of amides is 4. The molecular weight excluding hydrogens is 632 g/mol. The highest BCUT2D eigenvalue weighted by molar-refractivity contribution is 6.37. The maximum atomic E-state index is 14.1. The molecule has 0 aromatic heterocycles. The predicted molar refractivity (Wildman–Crippen MR) is 193 cm³/mol. The number of benzene rings is 5. The van der Waals surface area contributed by atoms with E-state index in [1.165, 1.54) is 12.1 Å². The number of carbonyl (C=O) groups excluding carboxylic acids is 4.